The van der Waals surface area contributed by atoms with Gasteiger partial charge in [-0.1, -0.05) is 54.6 Å². The van der Waals surface area contributed by atoms with Crippen molar-refractivity contribution in [2.75, 3.05) is 31.9 Å². The highest BCUT2D eigenvalue weighted by Crippen LogP contribution is 2.35. The Kier molecular flexibility index (Phi) is 9.72. The number of nitrogens with zero attached hydrogens (tertiary/aromatic N) is 1. The van der Waals surface area contributed by atoms with Gasteiger partial charge in [0, 0.05) is 24.9 Å². The lowest BCUT2D eigenvalue weighted by Gasteiger charge is -2.33. The van der Waals surface area contributed by atoms with Crippen molar-refractivity contribution in [1.29, 1.82) is 0 Å². The van der Waals surface area contributed by atoms with Crippen LogP contribution in [0.2, 0.25) is 0 Å². The first-order valence-electron chi connectivity index (χ1n) is 12.4. The molecule has 1 aliphatic rings. The molecule has 186 valence electrons. The monoisotopic (exact) mass is 496 g/mol. The van der Waals surface area contributed by atoms with Crippen LogP contribution in [0, 0.1) is 11.6 Å². The molecule has 4 rings (SSSR count). The molecule has 0 saturated carbocycles. The second-order valence-corrected chi connectivity index (χ2v) is 10.4. The van der Waals surface area contributed by atoms with Crippen molar-refractivity contribution in [3.05, 3.63) is 107 Å². The van der Waals surface area contributed by atoms with Crippen LogP contribution >= 0.6 is 11.8 Å². The largest absolute Gasteiger partial charge is 0.391 e. The van der Waals surface area contributed by atoms with Gasteiger partial charge < -0.3 is 15.3 Å². The van der Waals surface area contributed by atoms with Gasteiger partial charge in [-0.05, 0) is 73.3 Å². The SMILES string of the molecule is OC(Cc1ccccc1)CN1CCC(NCCSC(c2ccc(F)cc2)c2ccc(F)cc2)CC1. The molecule has 0 aromatic heterocycles. The van der Waals surface area contributed by atoms with Crippen LogP contribution < -0.4 is 5.32 Å². The second-order valence-electron chi connectivity index (χ2n) is 9.23. The molecule has 3 aromatic carbocycles. The normalized spacial score (nSPS) is 16.0. The number of halogens is 2. The number of rotatable bonds is 11. The third-order valence-electron chi connectivity index (χ3n) is 6.54. The van der Waals surface area contributed by atoms with Gasteiger partial charge in [0.1, 0.15) is 11.6 Å². The average Bonchev–Trinajstić information content (AvgIpc) is 2.87. The molecule has 1 saturated heterocycles. The molecular weight excluding hydrogens is 462 g/mol. The van der Waals surface area contributed by atoms with Gasteiger partial charge in [0.15, 0.2) is 0 Å². The van der Waals surface area contributed by atoms with Gasteiger partial charge in [0.2, 0.25) is 0 Å². The Morgan fingerprint density at radius 1 is 0.857 bits per heavy atom. The van der Waals surface area contributed by atoms with Gasteiger partial charge in [-0.25, -0.2) is 8.78 Å². The third-order valence-corrected chi connectivity index (χ3v) is 7.85. The number of aliphatic hydroxyl groups excluding tert-OH is 1. The first kappa shape index (κ1) is 25.8. The first-order chi connectivity index (χ1) is 17.1. The summed E-state index contributed by atoms with van der Waals surface area (Å²) in [5.41, 5.74) is 3.21. The fourth-order valence-electron chi connectivity index (χ4n) is 4.67. The molecule has 1 fully saturated rings. The maximum atomic E-state index is 13.4. The molecule has 1 heterocycles. The number of hydrogen-bond acceptors (Lipinski definition) is 4. The number of likely N-dealkylation sites (tertiary alicyclic amines) is 1. The molecule has 1 unspecified atom stereocenters. The molecule has 1 atom stereocenters. The molecule has 0 radical (unpaired) electrons. The van der Waals surface area contributed by atoms with Gasteiger partial charge >= 0.3 is 0 Å². The van der Waals surface area contributed by atoms with E-state index in [1.807, 2.05) is 42.5 Å². The molecule has 6 heteroatoms. The standard InChI is InChI=1S/C29H34F2N2OS/c30-25-10-6-23(7-11-25)29(24-8-12-26(31)13-9-24)35-19-16-32-27-14-17-33(18-15-27)21-28(34)20-22-4-2-1-3-5-22/h1-13,27-29,32,34H,14-21H2. The molecule has 35 heavy (non-hydrogen) atoms. The number of β-amino-alcohol motifs (C(OH)–C–C–N with tert-alkyl or cyclic N) is 1. The summed E-state index contributed by atoms with van der Waals surface area (Å²) in [5.74, 6) is 0.393. The number of hydrogen-bond donors (Lipinski definition) is 2. The minimum absolute atomic E-state index is 0.0333. The maximum absolute atomic E-state index is 13.4. The van der Waals surface area contributed by atoms with Crippen molar-refractivity contribution in [2.24, 2.45) is 0 Å². The zero-order valence-corrected chi connectivity index (χ0v) is 20.8. The van der Waals surface area contributed by atoms with E-state index in [1.165, 1.54) is 29.8 Å². The smallest absolute Gasteiger partial charge is 0.123 e. The summed E-state index contributed by atoms with van der Waals surface area (Å²) in [7, 11) is 0. The summed E-state index contributed by atoms with van der Waals surface area (Å²) >= 11 is 1.79. The Bertz CT molecular complexity index is 964. The quantitative estimate of drug-likeness (QED) is 0.346. The van der Waals surface area contributed by atoms with Crippen LogP contribution in [0.3, 0.4) is 0 Å². The first-order valence-corrected chi connectivity index (χ1v) is 13.4. The topological polar surface area (TPSA) is 35.5 Å². The van der Waals surface area contributed by atoms with Crippen LogP contribution in [0.15, 0.2) is 78.9 Å². The third kappa shape index (κ3) is 8.14. The molecule has 3 nitrogen and oxygen atoms in total. The highest BCUT2D eigenvalue weighted by Gasteiger charge is 2.21. The van der Waals surface area contributed by atoms with Crippen LogP contribution in [0.25, 0.3) is 0 Å². The number of piperidine rings is 1. The molecule has 0 aliphatic carbocycles. The van der Waals surface area contributed by atoms with Crippen molar-refractivity contribution in [1.82, 2.24) is 10.2 Å². The highest BCUT2D eigenvalue weighted by atomic mass is 32.2. The van der Waals surface area contributed by atoms with Crippen molar-refractivity contribution in [2.45, 2.75) is 36.7 Å². The van der Waals surface area contributed by atoms with E-state index in [0.29, 0.717) is 19.0 Å². The number of nitrogens with one attached hydrogen (secondary N) is 1. The zero-order valence-electron chi connectivity index (χ0n) is 20.0. The summed E-state index contributed by atoms with van der Waals surface area (Å²) in [6, 6.07) is 23.8. The Balaban J connectivity index is 1.20. The minimum Gasteiger partial charge on any atom is -0.391 e. The van der Waals surface area contributed by atoms with Gasteiger partial charge in [-0.2, -0.15) is 0 Å². The van der Waals surface area contributed by atoms with Crippen LogP contribution in [-0.4, -0.2) is 54.1 Å². The molecule has 0 spiro atoms. The van der Waals surface area contributed by atoms with Gasteiger partial charge in [0.05, 0.1) is 11.4 Å². The lowest BCUT2D eigenvalue weighted by molar-refractivity contribution is 0.0944. The second kappa shape index (κ2) is 13.2. The minimum atomic E-state index is -0.340. The van der Waals surface area contributed by atoms with E-state index in [4.69, 9.17) is 0 Å². The summed E-state index contributed by atoms with van der Waals surface area (Å²) in [6.07, 6.45) is 2.50. The van der Waals surface area contributed by atoms with Crippen LogP contribution in [0.5, 0.6) is 0 Å². The Hall–Kier alpha value is -2.25. The van der Waals surface area contributed by atoms with E-state index < -0.39 is 0 Å². The lowest BCUT2D eigenvalue weighted by Crippen LogP contribution is -2.45. The van der Waals surface area contributed by atoms with E-state index in [2.05, 4.69) is 22.3 Å². The number of benzene rings is 3. The Morgan fingerprint density at radius 3 is 2.00 bits per heavy atom. The van der Waals surface area contributed by atoms with E-state index in [-0.39, 0.29) is 23.0 Å². The van der Waals surface area contributed by atoms with Crippen molar-refractivity contribution < 1.29 is 13.9 Å². The van der Waals surface area contributed by atoms with Crippen LogP contribution in [0.1, 0.15) is 34.8 Å². The van der Waals surface area contributed by atoms with E-state index in [0.717, 1.165) is 49.4 Å². The molecule has 0 bridgehead atoms. The fourth-order valence-corrected chi connectivity index (χ4v) is 5.84. The summed E-state index contributed by atoms with van der Waals surface area (Å²) < 4.78 is 26.9. The summed E-state index contributed by atoms with van der Waals surface area (Å²) in [4.78, 5) is 2.36. The van der Waals surface area contributed by atoms with E-state index in [1.54, 1.807) is 11.8 Å². The molecule has 3 aromatic rings. The van der Waals surface area contributed by atoms with Gasteiger partial charge in [-0.3, -0.25) is 0 Å². The molecular formula is C29H34F2N2OS. The van der Waals surface area contributed by atoms with Gasteiger partial charge in [0.25, 0.3) is 0 Å². The van der Waals surface area contributed by atoms with Crippen molar-refractivity contribution in [3.63, 3.8) is 0 Å². The van der Waals surface area contributed by atoms with E-state index in [9.17, 15) is 13.9 Å². The van der Waals surface area contributed by atoms with Crippen LogP contribution in [0.4, 0.5) is 8.78 Å². The zero-order chi connectivity index (χ0) is 24.5. The summed E-state index contributed by atoms with van der Waals surface area (Å²) in [5, 5.41) is 14.2. The van der Waals surface area contributed by atoms with Gasteiger partial charge in [-0.15, -0.1) is 11.8 Å². The molecule has 2 N–H and O–H groups in total. The predicted octanol–water partition coefficient (Wildman–Crippen LogP) is 5.45. The van der Waals surface area contributed by atoms with Crippen molar-refractivity contribution >= 4 is 11.8 Å². The predicted molar refractivity (Wildman–Crippen MR) is 141 cm³/mol. The highest BCUT2D eigenvalue weighted by molar-refractivity contribution is 7.99. The fraction of sp³-hybridized carbons (Fsp3) is 0.379. The number of thioether (sulfide) groups is 1. The van der Waals surface area contributed by atoms with Crippen molar-refractivity contribution in [3.8, 4) is 0 Å². The van der Waals surface area contributed by atoms with Crippen LogP contribution in [-0.2, 0) is 6.42 Å². The average molecular weight is 497 g/mol. The lowest BCUT2D eigenvalue weighted by atomic mass is 10.0. The summed E-state index contributed by atoms with van der Waals surface area (Å²) in [6.45, 7) is 3.58. The number of aliphatic hydroxyl groups is 1. The Morgan fingerprint density at radius 2 is 1.43 bits per heavy atom. The van der Waals surface area contributed by atoms with E-state index >= 15 is 0 Å². The Labute approximate surface area is 211 Å². The molecule has 0 amide bonds. The maximum Gasteiger partial charge on any atom is 0.123 e. The molecule has 1 aliphatic heterocycles.